The molecule has 4 rings (SSSR count). The van der Waals surface area contributed by atoms with Crippen molar-refractivity contribution in [3.8, 4) is 11.3 Å². The topological polar surface area (TPSA) is 77.0 Å². The maximum Gasteiger partial charge on any atom is 0.270 e. The number of nitrogens with zero attached hydrogens (tertiary/aromatic N) is 3. The molecular formula is C27H32F2N4O2. The number of ether oxygens (including phenoxy) is 1. The summed E-state index contributed by atoms with van der Waals surface area (Å²) < 4.78 is 33.8. The van der Waals surface area contributed by atoms with Crippen LogP contribution in [0, 0.1) is 11.6 Å². The number of amides is 1. The molecule has 186 valence electrons. The fourth-order valence-corrected chi connectivity index (χ4v) is 3.77. The Morgan fingerprint density at radius 2 is 1.74 bits per heavy atom. The summed E-state index contributed by atoms with van der Waals surface area (Å²) in [5.41, 5.74) is 2.46. The van der Waals surface area contributed by atoms with Gasteiger partial charge in [-0.3, -0.25) is 4.79 Å². The molecule has 0 radical (unpaired) electrons. The first-order chi connectivity index (χ1) is 16.9. The van der Waals surface area contributed by atoms with E-state index >= 15 is 0 Å². The Hall–Kier alpha value is -3.26. The van der Waals surface area contributed by atoms with E-state index in [1.54, 1.807) is 18.2 Å². The van der Waals surface area contributed by atoms with E-state index in [0.29, 0.717) is 30.3 Å². The maximum absolute atomic E-state index is 14.4. The lowest BCUT2D eigenvalue weighted by Gasteiger charge is -2.26. The molecule has 1 amide bonds. The van der Waals surface area contributed by atoms with Crippen LogP contribution < -0.4 is 5.32 Å². The summed E-state index contributed by atoms with van der Waals surface area (Å²) >= 11 is 0. The summed E-state index contributed by atoms with van der Waals surface area (Å²) in [7, 11) is 0. The molecule has 1 aliphatic rings. The standard InChI is InChI=1S/C25H26F2N4O2.C2H6/c1-4-14(2)17-11-22(23-18(26)7-5-8-19(23)27)30-31-24(17)15(3)20-9-6-10-21(29-20)25(32)28-16-12-33-13-16;1-2/h5-11,14-16H,4,12-13H2,1-3H3,(H,28,32);1-2H3/t14-,15?;/m1./s1. The molecule has 6 nitrogen and oxygen atoms in total. The molecule has 1 saturated heterocycles. The molecule has 1 aromatic carbocycles. The third kappa shape index (κ3) is 5.88. The van der Waals surface area contributed by atoms with Gasteiger partial charge in [0.2, 0.25) is 0 Å². The fourth-order valence-electron chi connectivity index (χ4n) is 3.77. The number of nitrogens with one attached hydrogen (secondary N) is 1. The molecule has 0 saturated carbocycles. The Morgan fingerprint density at radius 3 is 2.34 bits per heavy atom. The normalized spacial score (nSPS) is 14.8. The van der Waals surface area contributed by atoms with Crippen molar-refractivity contribution in [2.24, 2.45) is 0 Å². The third-order valence-electron chi connectivity index (χ3n) is 6.05. The molecule has 1 unspecified atom stereocenters. The first-order valence-electron chi connectivity index (χ1n) is 12.1. The van der Waals surface area contributed by atoms with Gasteiger partial charge in [0.25, 0.3) is 5.91 Å². The summed E-state index contributed by atoms with van der Waals surface area (Å²) in [5, 5.41) is 11.4. The number of aromatic nitrogens is 3. The lowest BCUT2D eigenvalue weighted by Crippen LogP contribution is -2.48. The van der Waals surface area contributed by atoms with E-state index in [-0.39, 0.29) is 35.0 Å². The van der Waals surface area contributed by atoms with Crippen LogP contribution in [0.25, 0.3) is 11.3 Å². The summed E-state index contributed by atoms with van der Waals surface area (Å²) in [6, 6.07) is 10.7. The SMILES string of the molecule is CC.CC[C@@H](C)c1cc(-c2c(F)cccc2F)nnc1C(C)c1cccc(C(=O)NC2COC2)n1. The van der Waals surface area contributed by atoms with Crippen LogP contribution in [0.3, 0.4) is 0 Å². The number of halogens is 2. The van der Waals surface area contributed by atoms with E-state index in [2.05, 4.69) is 20.5 Å². The highest BCUT2D eigenvalue weighted by Crippen LogP contribution is 2.33. The largest absolute Gasteiger partial charge is 0.377 e. The lowest BCUT2D eigenvalue weighted by molar-refractivity contribution is -0.00355. The number of hydrogen-bond donors (Lipinski definition) is 1. The minimum absolute atomic E-state index is 0.00887. The third-order valence-corrected chi connectivity index (χ3v) is 6.05. The van der Waals surface area contributed by atoms with Crippen molar-refractivity contribution in [3.05, 3.63) is 76.7 Å². The summed E-state index contributed by atoms with van der Waals surface area (Å²) in [6.07, 6.45) is 0.809. The van der Waals surface area contributed by atoms with Crippen LogP contribution in [0.2, 0.25) is 0 Å². The first kappa shape index (κ1) is 26.3. The first-order valence-corrected chi connectivity index (χ1v) is 12.1. The zero-order valence-corrected chi connectivity index (χ0v) is 20.8. The summed E-state index contributed by atoms with van der Waals surface area (Å²) in [5.74, 6) is -1.82. The molecule has 35 heavy (non-hydrogen) atoms. The van der Waals surface area contributed by atoms with E-state index < -0.39 is 11.6 Å². The molecule has 0 spiro atoms. The lowest BCUT2D eigenvalue weighted by atomic mass is 9.89. The minimum atomic E-state index is -0.683. The van der Waals surface area contributed by atoms with Gasteiger partial charge in [-0.1, -0.05) is 46.8 Å². The van der Waals surface area contributed by atoms with Gasteiger partial charge in [-0.2, -0.15) is 10.2 Å². The molecule has 8 heteroatoms. The zero-order valence-electron chi connectivity index (χ0n) is 20.8. The van der Waals surface area contributed by atoms with E-state index in [9.17, 15) is 13.6 Å². The molecule has 1 aliphatic heterocycles. The van der Waals surface area contributed by atoms with E-state index in [1.807, 2.05) is 40.7 Å². The molecule has 2 atom stereocenters. The summed E-state index contributed by atoms with van der Waals surface area (Å²) in [4.78, 5) is 17.1. The molecule has 3 aromatic rings. The Morgan fingerprint density at radius 1 is 1.09 bits per heavy atom. The van der Waals surface area contributed by atoms with Crippen molar-refractivity contribution in [2.75, 3.05) is 13.2 Å². The van der Waals surface area contributed by atoms with Crippen molar-refractivity contribution in [1.82, 2.24) is 20.5 Å². The second-order valence-corrected chi connectivity index (χ2v) is 8.35. The Kier molecular flexibility index (Phi) is 8.98. The van der Waals surface area contributed by atoms with Crippen LogP contribution in [0.5, 0.6) is 0 Å². The molecule has 3 heterocycles. The van der Waals surface area contributed by atoms with Crippen molar-refractivity contribution in [1.29, 1.82) is 0 Å². The number of carbonyl (C=O) groups is 1. The second kappa shape index (κ2) is 11.9. The predicted octanol–water partition coefficient (Wildman–Crippen LogP) is 5.64. The van der Waals surface area contributed by atoms with Crippen molar-refractivity contribution in [2.45, 2.75) is 58.9 Å². The fraction of sp³-hybridized carbons (Fsp3) is 0.407. The molecular weight excluding hydrogens is 450 g/mol. The summed E-state index contributed by atoms with van der Waals surface area (Å²) in [6.45, 7) is 11.0. The van der Waals surface area contributed by atoms with Crippen LogP contribution in [0.4, 0.5) is 8.78 Å². The molecule has 1 fully saturated rings. The monoisotopic (exact) mass is 482 g/mol. The van der Waals surface area contributed by atoms with Gasteiger partial charge < -0.3 is 10.1 Å². The predicted molar refractivity (Wildman–Crippen MR) is 131 cm³/mol. The molecule has 2 aromatic heterocycles. The van der Waals surface area contributed by atoms with Gasteiger partial charge in [-0.15, -0.1) is 0 Å². The number of benzene rings is 1. The van der Waals surface area contributed by atoms with Crippen LogP contribution in [-0.2, 0) is 4.74 Å². The van der Waals surface area contributed by atoms with Crippen LogP contribution in [-0.4, -0.2) is 40.3 Å². The highest BCUT2D eigenvalue weighted by atomic mass is 19.1. The average Bonchev–Trinajstić information content (AvgIpc) is 2.86. The molecule has 1 N–H and O–H groups in total. The van der Waals surface area contributed by atoms with E-state index in [0.717, 1.165) is 12.0 Å². The molecule has 0 bridgehead atoms. The van der Waals surface area contributed by atoms with Crippen molar-refractivity contribution >= 4 is 5.91 Å². The van der Waals surface area contributed by atoms with Crippen molar-refractivity contribution < 1.29 is 18.3 Å². The minimum Gasteiger partial charge on any atom is -0.377 e. The van der Waals surface area contributed by atoms with E-state index in [1.165, 1.54) is 18.2 Å². The van der Waals surface area contributed by atoms with Gasteiger partial charge in [0.15, 0.2) is 0 Å². The second-order valence-electron chi connectivity index (χ2n) is 8.35. The quantitative estimate of drug-likeness (QED) is 0.472. The van der Waals surface area contributed by atoms with Gasteiger partial charge in [-0.25, -0.2) is 13.8 Å². The Balaban J connectivity index is 0.00000167. The maximum atomic E-state index is 14.4. The Labute approximate surface area is 205 Å². The molecule has 0 aliphatic carbocycles. The Bertz CT molecular complexity index is 1150. The number of pyridine rings is 1. The number of rotatable bonds is 7. The smallest absolute Gasteiger partial charge is 0.270 e. The number of carbonyl (C=O) groups excluding carboxylic acids is 1. The number of hydrogen-bond acceptors (Lipinski definition) is 5. The zero-order chi connectivity index (χ0) is 25.5. The van der Waals surface area contributed by atoms with Crippen LogP contribution in [0.1, 0.15) is 80.3 Å². The van der Waals surface area contributed by atoms with Gasteiger partial charge >= 0.3 is 0 Å². The van der Waals surface area contributed by atoms with Gasteiger partial charge in [-0.05, 0) is 48.2 Å². The van der Waals surface area contributed by atoms with Gasteiger partial charge in [0, 0.05) is 5.92 Å². The van der Waals surface area contributed by atoms with Gasteiger partial charge in [0.05, 0.1) is 41.9 Å². The van der Waals surface area contributed by atoms with Crippen LogP contribution in [0.15, 0.2) is 42.5 Å². The van der Waals surface area contributed by atoms with Crippen LogP contribution >= 0.6 is 0 Å². The highest BCUT2D eigenvalue weighted by Gasteiger charge is 2.25. The highest BCUT2D eigenvalue weighted by molar-refractivity contribution is 5.92. The average molecular weight is 483 g/mol. The van der Waals surface area contributed by atoms with E-state index in [4.69, 9.17) is 4.74 Å². The van der Waals surface area contributed by atoms with Crippen molar-refractivity contribution in [3.63, 3.8) is 0 Å². The van der Waals surface area contributed by atoms with Gasteiger partial charge in [0.1, 0.15) is 17.3 Å².